The minimum Gasteiger partial charge on any atom is -0.497 e. The fourth-order valence-corrected chi connectivity index (χ4v) is 1.61. The summed E-state index contributed by atoms with van der Waals surface area (Å²) in [7, 11) is 3.33. The minimum absolute atomic E-state index is 0.445. The van der Waals surface area contributed by atoms with Crippen LogP contribution in [0.25, 0.3) is 0 Å². The average Bonchev–Trinajstić information content (AvgIpc) is 2.45. The van der Waals surface area contributed by atoms with E-state index in [0.717, 1.165) is 23.6 Å². The van der Waals surface area contributed by atoms with Gasteiger partial charge in [0.05, 0.1) is 13.7 Å². The number of benzene rings is 1. The molecule has 106 valence electrons. The monoisotopic (exact) mass is 285 g/mol. The van der Waals surface area contributed by atoms with Crippen LogP contribution in [0.5, 0.6) is 11.5 Å². The molecule has 0 aliphatic rings. The predicted octanol–water partition coefficient (Wildman–Crippen LogP) is 2.56. The molecule has 0 radical (unpaired) electrons. The zero-order valence-electron chi connectivity index (χ0n) is 11.3. The van der Waals surface area contributed by atoms with Crippen LogP contribution in [0.4, 0.5) is 0 Å². The van der Waals surface area contributed by atoms with Gasteiger partial charge in [0, 0.05) is 31.3 Å². The van der Waals surface area contributed by atoms with Gasteiger partial charge in [-0.3, -0.25) is 0 Å². The molecule has 0 aliphatic carbocycles. The molecular weight excluding hydrogens is 266 g/mol. The number of ether oxygens (including phenoxy) is 3. The summed E-state index contributed by atoms with van der Waals surface area (Å²) in [6.45, 7) is 2.60. The van der Waals surface area contributed by atoms with Gasteiger partial charge in [-0.05, 0) is 24.3 Å². The van der Waals surface area contributed by atoms with Gasteiger partial charge in [0.15, 0.2) is 0 Å². The summed E-state index contributed by atoms with van der Waals surface area (Å²) in [5.74, 6) is 1.63. The van der Waals surface area contributed by atoms with Gasteiger partial charge in [-0.25, -0.2) is 0 Å². The lowest BCUT2D eigenvalue weighted by Crippen LogP contribution is -2.19. The highest BCUT2D eigenvalue weighted by atomic mass is 35.5. The van der Waals surface area contributed by atoms with Crippen molar-refractivity contribution in [3.63, 3.8) is 0 Å². The third kappa shape index (κ3) is 5.96. The maximum absolute atomic E-state index is 5.64. The highest BCUT2D eigenvalue weighted by molar-refractivity contribution is 6.25. The summed E-state index contributed by atoms with van der Waals surface area (Å²) in [5, 5.41) is 3.28. The average molecular weight is 286 g/mol. The molecular formula is C14H20ClNO3. The van der Waals surface area contributed by atoms with Crippen molar-refractivity contribution in [2.45, 2.75) is 6.54 Å². The smallest absolute Gasteiger partial charge is 0.124 e. The summed E-state index contributed by atoms with van der Waals surface area (Å²) >= 11 is 5.47. The number of hydrogen-bond donors (Lipinski definition) is 1. The summed E-state index contributed by atoms with van der Waals surface area (Å²) < 4.78 is 15.8. The quantitative estimate of drug-likeness (QED) is 0.708. The van der Waals surface area contributed by atoms with E-state index in [-0.39, 0.29) is 0 Å². The van der Waals surface area contributed by atoms with Crippen molar-refractivity contribution in [1.82, 2.24) is 5.32 Å². The Morgan fingerprint density at radius 1 is 1.32 bits per heavy atom. The molecule has 0 atom stereocenters. The summed E-state index contributed by atoms with van der Waals surface area (Å²) in [6, 6.07) is 5.73. The van der Waals surface area contributed by atoms with Crippen LogP contribution in [0.1, 0.15) is 5.56 Å². The van der Waals surface area contributed by atoms with Gasteiger partial charge in [-0.15, -0.1) is 0 Å². The molecule has 19 heavy (non-hydrogen) atoms. The second-order valence-electron chi connectivity index (χ2n) is 3.82. The number of rotatable bonds is 9. The number of hydrogen-bond acceptors (Lipinski definition) is 4. The van der Waals surface area contributed by atoms with Crippen molar-refractivity contribution >= 4 is 11.6 Å². The maximum atomic E-state index is 5.64. The van der Waals surface area contributed by atoms with Crippen molar-refractivity contribution in [2.75, 3.05) is 34.0 Å². The lowest BCUT2D eigenvalue weighted by atomic mass is 10.2. The molecule has 0 unspecified atom stereocenters. The van der Waals surface area contributed by atoms with Gasteiger partial charge in [0.1, 0.15) is 18.1 Å². The van der Waals surface area contributed by atoms with E-state index in [1.807, 2.05) is 18.2 Å². The molecule has 0 aliphatic heterocycles. The Bertz CT molecular complexity index is 396. The van der Waals surface area contributed by atoms with E-state index >= 15 is 0 Å². The highest BCUT2D eigenvalue weighted by Crippen LogP contribution is 2.24. The molecule has 0 bridgehead atoms. The van der Waals surface area contributed by atoms with Crippen molar-refractivity contribution in [2.24, 2.45) is 0 Å². The first kappa shape index (κ1) is 15.8. The maximum Gasteiger partial charge on any atom is 0.124 e. The molecule has 1 rings (SSSR count). The van der Waals surface area contributed by atoms with E-state index in [1.54, 1.807) is 20.3 Å². The molecule has 1 N–H and O–H groups in total. The first-order chi connectivity index (χ1) is 9.31. The molecule has 0 fully saturated rings. The van der Waals surface area contributed by atoms with Crippen LogP contribution < -0.4 is 14.8 Å². The standard InChI is InChI=1S/C14H20ClNO3/c1-17-9-7-16-11-12-10-13(18-2)4-5-14(12)19-8-3-6-15/h3-6,10,16H,7-9,11H2,1-2H3. The third-order valence-electron chi connectivity index (χ3n) is 2.49. The predicted molar refractivity (Wildman–Crippen MR) is 77.1 cm³/mol. The van der Waals surface area contributed by atoms with Crippen LogP contribution >= 0.6 is 11.6 Å². The Morgan fingerprint density at radius 3 is 2.84 bits per heavy atom. The summed E-state index contributed by atoms with van der Waals surface area (Å²) in [5.41, 5.74) is 2.48. The lowest BCUT2D eigenvalue weighted by Gasteiger charge is -2.12. The molecule has 0 spiro atoms. The first-order valence-corrected chi connectivity index (χ1v) is 6.50. The van der Waals surface area contributed by atoms with Gasteiger partial charge in [0.2, 0.25) is 0 Å². The second-order valence-corrected chi connectivity index (χ2v) is 4.07. The number of nitrogens with one attached hydrogen (secondary N) is 1. The second kappa shape index (κ2) is 9.67. The Balaban J connectivity index is 2.65. The van der Waals surface area contributed by atoms with E-state index < -0.39 is 0 Å². The lowest BCUT2D eigenvalue weighted by molar-refractivity contribution is 0.199. The molecule has 0 saturated heterocycles. The molecule has 4 nitrogen and oxygen atoms in total. The van der Waals surface area contributed by atoms with E-state index in [0.29, 0.717) is 19.8 Å². The Morgan fingerprint density at radius 2 is 2.16 bits per heavy atom. The zero-order valence-corrected chi connectivity index (χ0v) is 12.1. The third-order valence-corrected chi connectivity index (χ3v) is 2.67. The summed E-state index contributed by atoms with van der Waals surface area (Å²) in [6.07, 6.45) is 1.74. The summed E-state index contributed by atoms with van der Waals surface area (Å²) in [4.78, 5) is 0. The van der Waals surface area contributed by atoms with Gasteiger partial charge >= 0.3 is 0 Å². The van der Waals surface area contributed by atoms with E-state index in [1.165, 1.54) is 5.54 Å². The van der Waals surface area contributed by atoms with Crippen molar-refractivity contribution in [3.05, 3.63) is 35.4 Å². The van der Waals surface area contributed by atoms with Crippen LogP contribution in [-0.2, 0) is 11.3 Å². The van der Waals surface area contributed by atoms with Gasteiger partial charge < -0.3 is 19.5 Å². The van der Waals surface area contributed by atoms with Gasteiger partial charge in [0.25, 0.3) is 0 Å². The van der Waals surface area contributed by atoms with E-state index in [9.17, 15) is 0 Å². The normalized spacial score (nSPS) is 10.9. The van der Waals surface area contributed by atoms with E-state index in [4.69, 9.17) is 25.8 Å². The van der Waals surface area contributed by atoms with Crippen LogP contribution in [0.15, 0.2) is 29.8 Å². The fourth-order valence-electron chi connectivity index (χ4n) is 1.53. The van der Waals surface area contributed by atoms with Crippen LogP contribution in [0.2, 0.25) is 0 Å². The molecule has 0 saturated carbocycles. The Labute approximate surface area is 119 Å². The largest absolute Gasteiger partial charge is 0.497 e. The topological polar surface area (TPSA) is 39.7 Å². The highest BCUT2D eigenvalue weighted by Gasteiger charge is 2.05. The molecule has 0 aromatic heterocycles. The van der Waals surface area contributed by atoms with Crippen LogP contribution in [0, 0.1) is 0 Å². The first-order valence-electron chi connectivity index (χ1n) is 6.06. The van der Waals surface area contributed by atoms with Gasteiger partial charge in [-0.2, -0.15) is 0 Å². The van der Waals surface area contributed by atoms with Crippen LogP contribution in [-0.4, -0.2) is 34.0 Å². The molecule has 0 amide bonds. The van der Waals surface area contributed by atoms with Crippen molar-refractivity contribution < 1.29 is 14.2 Å². The van der Waals surface area contributed by atoms with Crippen molar-refractivity contribution in [1.29, 1.82) is 0 Å². The van der Waals surface area contributed by atoms with E-state index in [2.05, 4.69) is 5.32 Å². The zero-order chi connectivity index (χ0) is 13.9. The minimum atomic E-state index is 0.445. The Kier molecular flexibility index (Phi) is 8.05. The number of halogens is 1. The molecule has 1 aromatic rings. The fraction of sp³-hybridized carbons (Fsp3) is 0.429. The Hall–Kier alpha value is -1.23. The van der Waals surface area contributed by atoms with Crippen molar-refractivity contribution in [3.8, 4) is 11.5 Å². The molecule has 5 heteroatoms. The van der Waals surface area contributed by atoms with Crippen LogP contribution in [0.3, 0.4) is 0 Å². The molecule has 0 heterocycles. The number of methoxy groups -OCH3 is 2. The SMILES string of the molecule is COCCNCc1cc(OC)ccc1OCC=CCl. The van der Waals surface area contributed by atoms with Gasteiger partial charge in [-0.1, -0.05) is 11.6 Å². The molecule has 1 aromatic carbocycles.